The molecule has 1 rings (SSSR count). The molecule has 1 heterocycles. The third-order valence-electron chi connectivity index (χ3n) is 0.808. The maximum Gasteiger partial charge on any atom is 0.163 e. The molecule has 0 atom stereocenters. The third kappa shape index (κ3) is 0.952. The molecule has 0 saturated heterocycles. The van der Waals surface area contributed by atoms with Crippen LogP contribution in [-0.2, 0) is 0 Å². The van der Waals surface area contributed by atoms with Crippen LogP contribution in [0.2, 0.25) is 0 Å². The minimum atomic E-state index is 0.218. The summed E-state index contributed by atoms with van der Waals surface area (Å²) < 4.78 is 0. The van der Waals surface area contributed by atoms with Crippen molar-refractivity contribution in [2.75, 3.05) is 0 Å². The van der Waals surface area contributed by atoms with Gasteiger partial charge in [-0.1, -0.05) is 0 Å². The van der Waals surface area contributed by atoms with Gasteiger partial charge in [-0.15, -0.1) is 11.3 Å². The summed E-state index contributed by atoms with van der Waals surface area (Å²) in [6.45, 7) is 0. The smallest absolute Gasteiger partial charge is 0.163 e. The maximum absolute atomic E-state index is 10.1. The zero-order chi connectivity index (χ0) is 6.69. The summed E-state index contributed by atoms with van der Waals surface area (Å²) in [5, 5.41) is 8.27. The van der Waals surface area contributed by atoms with E-state index in [0.717, 1.165) is 0 Å². The lowest BCUT2D eigenvalue weighted by Gasteiger charge is -1.74. The molecular weight excluding hydrogens is 136 g/mol. The van der Waals surface area contributed by atoms with Gasteiger partial charge in [-0.25, -0.2) is 4.98 Å². The van der Waals surface area contributed by atoms with Crippen LogP contribution in [0.4, 0.5) is 0 Å². The first kappa shape index (κ1) is 5.92. The van der Waals surface area contributed by atoms with Crippen LogP contribution in [0.15, 0.2) is 5.51 Å². The molecule has 0 aliphatic heterocycles. The predicted molar refractivity (Wildman–Crippen MR) is 32.2 cm³/mol. The molecule has 0 aliphatic carbocycles. The van der Waals surface area contributed by atoms with Gasteiger partial charge in [0.05, 0.1) is 5.51 Å². The summed E-state index contributed by atoms with van der Waals surface area (Å²) in [6, 6.07) is 1.79. The fourth-order valence-corrected chi connectivity index (χ4v) is 0.960. The van der Waals surface area contributed by atoms with Crippen molar-refractivity contribution in [1.29, 1.82) is 5.26 Å². The van der Waals surface area contributed by atoms with Crippen LogP contribution < -0.4 is 0 Å². The third-order valence-corrected chi connectivity index (χ3v) is 1.56. The molecule has 3 nitrogen and oxygen atoms in total. The molecule has 0 amide bonds. The Kier molecular flexibility index (Phi) is 1.56. The van der Waals surface area contributed by atoms with Gasteiger partial charge in [0.25, 0.3) is 0 Å². The lowest BCUT2D eigenvalue weighted by atomic mass is 10.4. The highest BCUT2D eigenvalue weighted by atomic mass is 32.1. The first-order valence-corrected chi connectivity index (χ1v) is 3.05. The monoisotopic (exact) mass is 138 g/mol. The Bertz CT molecular complexity index is 260. The van der Waals surface area contributed by atoms with E-state index in [0.29, 0.717) is 11.2 Å². The largest absolute Gasteiger partial charge is 0.297 e. The van der Waals surface area contributed by atoms with Crippen LogP contribution in [0.1, 0.15) is 15.4 Å². The van der Waals surface area contributed by atoms with Gasteiger partial charge >= 0.3 is 0 Å². The Hall–Kier alpha value is -1.21. The van der Waals surface area contributed by atoms with Gasteiger partial charge in [0, 0.05) is 0 Å². The number of rotatable bonds is 1. The summed E-state index contributed by atoms with van der Waals surface area (Å²) in [5.74, 6) is 0. The fourth-order valence-electron chi connectivity index (χ4n) is 0.423. The van der Waals surface area contributed by atoms with Crippen molar-refractivity contribution in [1.82, 2.24) is 4.98 Å². The number of hydrogen-bond acceptors (Lipinski definition) is 4. The van der Waals surface area contributed by atoms with E-state index in [1.54, 1.807) is 6.07 Å². The first-order valence-electron chi connectivity index (χ1n) is 2.17. The highest BCUT2D eigenvalue weighted by Gasteiger charge is 2.00. The van der Waals surface area contributed by atoms with Gasteiger partial charge in [-0.3, -0.25) is 4.79 Å². The van der Waals surface area contributed by atoms with Gasteiger partial charge in [0.2, 0.25) is 0 Å². The average Bonchev–Trinajstić information content (AvgIpc) is 2.33. The number of nitriles is 1. The highest BCUT2D eigenvalue weighted by Crippen LogP contribution is 2.07. The Morgan fingerprint density at radius 1 is 1.89 bits per heavy atom. The van der Waals surface area contributed by atoms with Crippen LogP contribution in [0, 0.1) is 11.3 Å². The zero-order valence-electron chi connectivity index (χ0n) is 4.37. The van der Waals surface area contributed by atoms with Crippen molar-refractivity contribution in [3.63, 3.8) is 0 Å². The Labute approximate surface area is 55.6 Å². The number of carbonyl (C=O) groups is 1. The number of aromatic nitrogens is 1. The van der Waals surface area contributed by atoms with Crippen molar-refractivity contribution < 1.29 is 4.79 Å². The van der Waals surface area contributed by atoms with E-state index in [1.807, 2.05) is 0 Å². The summed E-state index contributed by atoms with van der Waals surface area (Å²) in [4.78, 5) is 14.1. The van der Waals surface area contributed by atoms with Crippen LogP contribution in [0.5, 0.6) is 0 Å². The highest BCUT2D eigenvalue weighted by molar-refractivity contribution is 7.11. The number of hydrogen-bond donors (Lipinski definition) is 0. The van der Waals surface area contributed by atoms with Crippen LogP contribution >= 0.6 is 11.3 Å². The second-order valence-corrected chi connectivity index (χ2v) is 2.18. The predicted octanol–water partition coefficient (Wildman–Crippen LogP) is 0.827. The summed E-state index contributed by atoms with van der Waals surface area (Å²) in [5.41, 5.74) is 1.69. The molecule has 0 N–H and O–H groups in total. The lowest BCUT2D eigenvalue weighted by Crippen LogP contribution is -1.78. The van der Waals surface area contributed by atoms with Crippen molar-refractivity contribution in [3.8, 4) is 6.07 Å². The van der Waals surface area contributed by atoms with Gasteiger partial charge < -0.3 is 0 Å². The molecule has 0 spiro atoms. The van der Waals surface area contributed by atoms with E-state index < -0.39 is 0 Å². The molecule has 0 saturated carbocycles. The SMILES string of the molecule is N#Cc1ncsc1C=O. The molecule has 0 fully saturated rings. The Morgan fingerprint density at radius 2 is 2.67 bits per heavy atom. The molecule has 0 aliphatic rings. The molecule has 4 heteroatoms. The Balaban J connectivity index is 3.17. The fraction of sp³-hybridized carbons (Fsp3) is 0. The molecule has 0 aromatic carbocycles. The van der Waals surface area contributed by atoms with Crippen molar-refractivity contribution in [3.05, 3.63) is 16.1 Å². The van der Waals surface area contributed by atoms with E-state index in [2.05, 4.69) is 4.98 Å². The van der Waals surface area contributed by atoms with Crippen molar-refractivity contribution in [2.45, 2.75) is 0 Å². The van der Waals surface area contributed by atoms with Gasteiger partial charge in [0.1, 0.15) is 10.9 Å². The van der Waals surface area contributed by atoms with Gasteiger partial charge in [0.15, 0.2) is 12.0 Å². The molecule has 0 unspecified atom stereocenters. The van der Waals surface area contributed by atoms with E-state index in [9.17, 15) is 4.79 Å². The van der Waals surface area contributed by atoms with E-state index >= 15 is 0 Å². The molecule has 0 bridgehead atoms. The summed E-state index contributed by atoms with van der Waals surface area (Å²) >= 11 is 1.17. The van der Waals surface area contributed by atoms with E-state index in [-0.39, 0.29) is 5.69 Å². The number of carbonyl (C=O) groups excluding carboxylic acids is 1. The quantitative estimate of drug-likeness (QED) is 0.540. The van der Waals surface area contributed by atoms with Crippen LogP contribution in [0.3, 0.4) is 0 Å². The molecule has 44 valence electrons. The van der Waals surface area contributed by atoms with Crippen LogP contribution in [-0.4, -0.2) is 11.3 Å². The van der Waals surface area contributed by atoms with Crippen LogP contribution in [0.25, 0.3) is 0 Å². The van der Waals surface area contributed by atoms with Gasteiger partial charge in [-0.2, -0.15) is 5.26 Å². The standard InChI is InChI=1S/C5H2N2OS/c6-1-4-5(2-8)9-3-7-4/h2-3H. The number of nitrogens with zero attached hydrogens (tertiary/aromatic N) is 2. The van der Waals surface area contributed by atoms with E-state index in [4.69, 9.17) is 5.26 Å². The summed E-state index contributed by atoms with van der Waals surface area (Å²) in [7, 11) is 0. The lowest BCUT2D eigenvalue weighted by molar-refractivity contribution is 0.112. The van der Waals surface area contributed by atoms with Crippen molar-refractivity contribution >= 4 is 17.6 Å². The number of thiazole rings is 1. The summed E-state index contributed by atoms with van der Waals surface area (Å²) in [6.07, 6.45) is 0.635. The normalized spacial score (nSPS) is 8.33. The minimum absolute atomic E-state index is 0.218. The first-order chi connectivity index (χ1) is 4.38. The van der Waals surface area contributed by atoms with E-state index in [1.165, 1.54) is 16.8 Å². The minimum Gasteiger partial charge on any atom is -0.297 e. The van der Waals surface area contributed by atoms with Crippen molar-refractivity contribution in [2.24, 2.45) is 0 Å². The molecule has 1 aromatic rings. The molecule has 1 aromatic heterocycles. The number of aldehydes is 1. The van der Waals surface area contributed by atoms with Gasteiger partial charge in [-0.05, 0) is 0 Å². The second kappa shape index (κ2) is 2.37. The molecule has 9 heavy (non-hydrogen) atoms. The molecule has 0 radical (unpaired) electrons. The maximum atomic E-state index is 10.1. The zero-order valence-corrected chi connectivity index (χ0v) is 5.18. The topological polar surface area (TPSA) is 53.8 Å². The Morgan fingerprint density at radius 3 is 3.11 bits per heavy atom. The molecular formula is C5H2N2OS. The average molecular weight is 138 g/mol. The second-order valence-electron chi connectivity index (χ2n) is 1.29.